The number of H-pyrrole nitrogens is 1. The van der Waals surface area contributed by atoms with Crippen molar-refractivity contribution in [3.05, 3.63) is 64.4 Å². The van der Waals surface area contributed by atoms with E-state index >= 15 is 0 Å². The second-order valence-electron chi connectivity index (χ2n) is 7.86. The SMILES string of the molecule is C[C@H](N)C(=O)OC[C@H]1CN(c2ccc3cc(-c4ccccc4C(F)(F)F)[nH]c(=O)c3c2)C(=O)O1.Cl. The van der Waals surface area contributed by atoms with Crippen molar-refractivity contribution in [3.63, 3.8) is 0 Å². The van der Waals surface area contributed by atoms with E-state index < -0.39 is 41.5 Å². The number of benzene rings is 2. The molecule has 2 aromatic carbocycles. The number of fused-ring (bicyclic) bond motifs is 1. The Bertz CT molecular complexity index is 1330. The molecule has 12 heteroatoms. The van der Waals surface area contributed by atoms with Crippen molar-refractivity contribution in [1.29, 1.82) is 0 Å². The van der Waals surface area contributed by atoms with Gasteiger partial charge in [0.25, 0.3) is 5.56 Å². The number of hydrogen-bond acceptors (Lipinski definition) is 6. The van der Waals surface area contributed by atoms with Gasteiger partial charge in [-0.2, -0.15) is 13.2 Å². The lowest BCUT2D eigenvalue weighted by molar-refractivity contribution is -0.147. The van der Waals surface area contributed by atoms with Gasteiger partial charge in [0.2, 0.25) is 0 Å². The van der Waals surface area contributed by atoms with Crippen LogP contribution in [0, 0.1) is 0 Å². The molecular weight excluding hydrogens is 491 g/mol. The molecule has 1 aliphatic rings. The van der Waals surface area contributed by atoms with Crippen molar-refractivity contribution in [3.8, 4) is 11.3 Å². The molecule has 1 aliphatic heterocycles. The summed E-state index contributed by atoms with van der Waals surface area (Å²) in [6.07, 6.45) is -5.99. The van der Waals surface area contributed by atoms with Gasteiger partial charge in [-0.05, 0) is 36.6 Å². The average Bonchev–Trinajstić information content (AvgIpc) is 3.17. The Morgan fingerprint density at radius 3 is 2.63 bits per heavy atom. The fourth-order valence-electron chi connectivity index (χ4n) is 3.65. The molecule has 186 valence electrons. The minimum absolute atomic E-state index is 0. The molecule has 0 aliphatic carbocycles. The number of nitrogens with one attached hydrogen (secondary N) is 1. The zero-order valence-electron chi connectivity index (χ0n) is 18.3. The number of alkyl halides is 3. The van der Waals surface area contributed by atoms with E-state index in [4.69, 9.17) is 15.2 Å². The molecule has 0 unspecified atom stereocenters. The number of carbonyl (C=O) groups excluding carboxylic acids is 2. The maximum absolute atomic E-state index is 13.4. The third-order valence-corrected chi connectivity index (χ3v) is 5.32. The standard InChI is InChI=1S/C23H20F3N3O5.ClH/c1-12(27)21(31)33-11-15-10-29(22(32)34-15)14-7-6-13-8-19(28-20(30)17(13)9-14)16-4-2-3-5-18(16)23(24,25)26;/h2-9,12,15H,10-11,27H2,1H3,(H,28,30);1H/t12-,15+;/m0./s1. The number of pyridine rings is 1. The molecule has 35 heavy (non-hydrogen) atoms. The number of aromatic amines is 1. The lowest BCUT2D eigenvalue weighted by Gasteiger charge is -2.15. The predicted octanol–water partition coefficient (Wildman–Crippen LogP) is 3.85. The van der Waals surface area contributed by atoms with E-state index in [0.717, 1.165) is 6.07 Å². The molecule has 3 N–H and O–H groups in total. The number of cyclic esters (lactones) is 1. The van der Waals surface area contributed by atoms with Gasteiger partial charge in [-0.3, -0.25) is 14.5 Å². The highest BCUT2D eigenvalue weighted by atomic mass is 35.5. The molecule has 2 heterocycles. The molecular formula is C23H21ClF3N3O5. The summed E-state index contributed by atoms with van der Waals surface area (Å²) < 4.78 is 50.4. The number of anilines is 1. The number of aromatic nitrogens is 1. The Kier molecular flexibility index (Phi) is 7.41. The number of rotatable bonds is 5. The molecule has 3 aromatic rings. The summed E-state index contributed by atoms with van der Waals surface area (Å²) in [5.74, 6) is -0.630. The first-order chi connectivity index (χ1) is 16.0. The molecule has 0 radical (unpaired) electrons. The molecule has 1 saturated heterocycles. The molecule has 4 rings (SSSR count). The molecule has 0 spiro atoms. The van der Waals surface area contributed by atoms with Crippen LogP contribution in [-0.4, -0.2) is 42.3 Å². The largest absolute Gasteiger partial charge is 0.461 e. The first kappa shape index (κ1) is 26.0. The van der Waals surface area contributed by atoms with Gasteiger partial charge in [0.15, 0.2) is 6.10 Å². The van der Waals surface area contributed by atoms with Crippen LogP contribution in [0.3, 0.4) is 0 Å². The minimum Gasteiger partial charge on any atom is -0.461 e. The summed E-state index contributed by atoms with van der Waals surface area (Å²) in [5.41, 5.74) is 4.19. The summed E-state index contributed by atoms with van der Waals surface area (Å²) in [4.78, 5) is 40.3. The Morgan fingerprint density at radius 1 is 1.23 bits per heavy atom. The number of halogens is 4. The number of carbonyl (C=O) groups is 2. The number of esters is 1. The van der Waals surface area contributed by atoms with E-state index in [2.05, 4.69) is 4.98 Å². The zero-order valence-corrected chi connectivity index (χ0v) is 19.1. The Morgan fingerprint density at radius 2 is 1.94 bits per heavy atom. The Labute approximate surface area is 203 Å². The summed E-state index contributed by atoms with van der Waals surface area (Å²) in [5, 5.41) is 0.583. The summed E-state index contributed by atoms with van der Waals surface area (Å²) >= 11 is 0. The van der Waals surface area contributed by atoms with Crippen molar-refractivity contribution >= 4 is 40.9 Å². The smallest absolute Gasteiger partial charge is 0.417 e. The normalized spacial score (nSPS) is 16.5. The van der Waals surface area contributed by atoms with Crippen LogP contribution in [0.1, 0.15) is 12.5 Å². The van der Waals surface area contributed by atoms with Gasteiger partial charge in [-0.25, -0.2) is 4.79 Å². The molecule has 1 fully saturated rings. The van der Waals surface area contributed by atoms with Crippen LogP contribution in [0.2, 0.25) is 0 Å². The van der Waals surface area contributed by atoms with Crippen LogP contribution in [0.5, 0.6) is 0 Å². The number of amides is 1. The predicted molar refractivity (Wildman–Crippen MR) is 124 cm³/mol. The molecule has 8 nitrogen and oxygen atoms in total. The van der Waals surface area contributed by atoms with Crippen molar-refractivity contribution in [2.45, 2.75) is 25.2 Å². The average molecular weight is 512 g/mol. The lowest BCUT2D eigenvalue weighted by Crippen LogP contribution is -2.32. The number of ether oxygens (including phenoxy) is 2. The topological polar surface area (TPSA) is 115 Å². The van der Waals surface area contributed by atoms with E-state index in [9.17, 15) is 27.6 Å². The summed E-state index contributed by atoms with van der Waals surface area (Å²) in [6, 6.07) is 10.1. The van der Waals surface area contributed by atoms with Gasteiger partial charge in [-0.15, -0.1) is 12.4 Å². The van der Waals surface area contributed by atoms with E-state index in [0.29, 0.717) is 11.1 Å². The second-order valence-corrected chi connectivity index (χ2v) is 7.86. The summed E-state index contributed by atoms with van der Waals surface area (Å²) in [7, 11) is 0. The third-order valence-electron chi connectivity index (χ3n) is 5.32. The molecule has 0 saturated carbocycles. The fraction of sp³-hybridized carbons (Fsp3) is 0.261. The van der Waals surface area contributed by atoms with E-state index in [1.165, 1.54) is 48.2 Å². The van der Waals surface area contributed by atoms with Crippen molar-refractivity contribution in [2.24, 2.45) is 5.73 Å². The van der Waals surface area contributed by atoms with Crippen LogP contribution < -0.4 is 16.2 Å². The summed E-state index contributed by atoms with van der Waals surface area (Å²) in [6.45, 7) is 1.37. The molecule has 1 aromatic heterocycles. The highest BCUT2D eigenvalue weighted by Gasteiger charge is 2.35. The first-order valence-electron chi connectivity index (χ1n) is 10.3. The van der Waals surface area contributed by atoms with Crippen LogP contribution in [-0.2, 0) is 20.4 Å². The van der Waals surface area contributed by atoms with Gasteiger partial charge >= 0.3 is 18.2 Å². The maximum Gasteiger partial charge on any atom is 0.417 e. The van der Waals surface area contributed by atoms with Gasteiger partial charge < -0.3 is 20.2 Å². The highest BCUT2D eigenvalue weighted by Crippen LogP contribution is 2.36. The Balaban J connectivity index is 0.00000342. The molecule has 1 amide bonds. The monoisotopic (exact) mass is 511 g/mol. The van der Waals surface area contributed by atoms with Gasteiger partial charge in [-0.1, -0.05) is 24.3 Å². The van der Waals surface area contributed by atoms with Gasteiger partial charge in [0.1, 0.15) is 12.6 Å². The van der Waals surface area contributed by atoms with Gasteiger partial charge in [0.05, 0.1) is 12.1 Å². The quantitative estimate of drug-likeness (QED) is 0.503. The van der Waals surface area contributed by atoms with Crippen molar-refractivity contribution in [2.75, 3.05) is 18.1 Å². The number of nitrogens with zero attached hydrogens (tertiary/aromatic N) is 1. The third kappa shape index (κ3) is 5.41. The van der Waals surface area contributed by atoms with E-state index in [-0.39, 0.29) is 42.2 Å². The molecule has 2 atom stereocenters. The zero-order chi connectivity index (χ0) is 24.6. The van der Waals surface area contributed by atoms with Crippen LogP contribution >= 0.6 is 12.4 Å². The van der Waals surface area contributed by atoms with Crippen LogP contribution in [0.4, 0.5) is 23.7 Å². The maximum atomic E-state index is 13.4. The van der Waals surface area contributed by atoms with Crippen LogP contribution in [0.15, 0.2) is 53.3 Å². The number of nitrogens with two attached hydrogens (primary N) is 1. The second kappa shape index (κ2) is 9.96. The Hall–Kier alpha value is -3.57. The lowest BCUT2D eigenvalue weighted by atomic mass is 10.0. The van der Waals surface area contributed by atoms with E-state index in [1.807, 2.05) is 0 Å². The van der Waals surface area contributed by atoms with Crippen LogP contribution in [0.25, 0.3) is 22.0 Å². The van der Waals surface area contributed by atoms with Gasteiger partial charge in [0, 0.05) is 22.3 Å². The number of hydrogen-bond donors (Lipinski definition) is 2. The van der Waals surface area contributed by atoms with E-state index in [1.54, 1.807) is 6.07 Å². The molecule has 0 bridgehead atoms. The first-order valence-corrected chi connectivity index (χ1v) is 10.3. The highest BCUT2D eigenvalue weighted by molar-refractivity contribution is 5.95. The van der Waals surface area contributed by atoms with Crippen molar-refractivity contribution < 1.29 is 32.2 Å². The fourth-order valence-corrected chi connectivity index (χ4v) is 3.65. The minimum atomic E-state index is -4.59. The van der Waals surface area contributed by atoms with Crippen molar-refractivity contribution in [1.82, 2.24) is 4.98 Å².